The maximum Gasteiger partial charge on any atom is 0.136 e. The SMILES string of the molecule is O=C1CCCCC1Cc1ccc2ccccc2n1. The Morgan fingerprint density at radius 2 is 2.00 bits per heavy atom. The molecule has 0 amide bonds. The van der Waals surface area contributed by atoms with E-state index in [1.165, 1.54) is 6.42 Å². The Bertz CT molecular complexity index is 576. The maximum absolute atomic E-state index is 11.8. The molecule has 1 aliphatic rings. The molecule has 0 spiro atoms. The van der Waals surface area contributed by atoms with Crippen LogP contribution in [0.1, 0.15) is 31.4 Å². The molecule has 0 aliphatic heterocycles. The topological polar surface area (TPSA) is 30.0 Å². The molecule has 1 atom stereocenters. The second-order valence-electron chi connectivity index (χ2n) is 5.11. The molecule has 2 nitrogen and oxygen atoms in total. The van der Waals surface area contributed by atoms with Gasteiger partial charge in [0, 0.05) is 23.4 Å². The number of hydrogen-bond acceptors (Lipinski definition) is 2. The second-order valence-corrected chi connectivity index (χ2v) is 5.11. The minimum absolute atomic E-state index is 0.201. The van der Waals surface area contributed by atoms with Crippen LogP contribution in [0.15, 0.2) is 36.4 Å². The highest BCUT2D eigenvalue weighted by atomic mass is 16.1. The standard InChI is InChI=1S/C16H17NO/c18-16-8-4-2-6-13(16)11-14-10-9-12-5-1-3-7-15(12)17-14/h1,3,5,7,9-10,13H,2,4,6,8,11H2. The van der Waals surface area contributed by atoms with E-state index in [2.05, 4.69) is 23.2 Å². The molecule has 0 N–H and O–H groups in total. The van der Waals surface area contributed by atoms with Crippen LogP contribution in [0.5, 0.6) is 0 Å². The van der Waals surface area contributed by atoms with Gasteiger partial charge in [-0.25, -0.2) is 0 Å². The average Bonchev–Trinajstić information content (AvgIpc) is 2.41. The van der Waals surface area contributed by atoms with Crippen LogP contribution in [0, 0.1) is 5.92 Å². The number of benzene rings is 1. The summed E-state index contributed by atoms with van der Waals surface area (Å²) < 4.78 is 0. The van der Waals surface area contributed by atoms with E-state index in [9.17, 15) is 4.79 Å². The van der Waals surface area contributed by atoms with E-state index in [4.69, 9.17) is 0 Å². The van der Waals surface area contributed by atoms with Gasteiger partial charge in [-0.1, -0.05) is 30.7 Å². The van der Waals surface area contributed by atoms with Gasteiger partial charge in [0.2, 0.25) is 0 Å². The molecule has 18 heavy (non-hydrogen) atoms. The molecule has 1 saturated carbocycles. The molecular weight excluding hydrogens is 222 g/mol. The van der Waals surface area contributed by atoms with Crippen molar-refractivity contribution in [3.8, 4) is 0 Å². The quantitative estimate of drug-likeness (QED) is 0.802. The van der Waals surface area contributed by atoms with Crippen LogP contribution in [0.4, 0.5) is 0 Å². The highest BCUT2D eigenvalue weighted by Gasteiger charge is 2.22. The molecule has 0 bridgehead atoms. The van der Waals surface area contributed by atoms with Crippen molar-refractivity contribution in [2.75, 3.05) is 0 Å². The molecule has 1 unspecified atom stereocenters. The summed E-state index contributed by atoms with van der Waals surface area (Å²) >= 11 is 0. The molecule has 1 fully saturated rings. The molecule has 1 aromatic carbocycles. The molecule has 0 saturated heterocycles. The van der Waals surface area contributed by atoms with Gasteiger partial charge in [-0.05, 0) is 31.4 Å². The fraction of sp³-hybridized carbons (Fsp3) is 0.375. The number of carbonyl (C=O) groups excluding carboxylic acids is 1. The number of aromatic nitrogens is 1. The Kier molecular flexibility index (Phi) is 3.09. The number of ketones is 1. The molecule has 1 aliphatic carbocycles. The summed E-state index contributed by atoms with van der Waals surface area (Å²) in [4.78, 5) is 16.5. The number of carbonyl (C=O) groups is 1. The van der Waals surface area contributed by atoms with E-state index in [1.54, 1.807) is 0 Å². The van der Waals surface area contributed by atoms with E-state index in [1.807, 2.05) is 18.2 Å². The van der Waals surface area contributed by atoms with Crippen molar-refractivity contribution in [3.05, 3.63) is 42.1 Å². The molecule has 1 heterocycles. The molecule has 0 radical (unpaired) electrons. The number of nitrogens with zero attached hydrogens (tertiary/aromatic N) is 1. The Morgan fingerprint density at radius 3 is 2.89 bits per heavy atom. The summed E-state index contributed by atoms with van der Waals surface area (Å²) in [5.41, 5.74) is 2.08. The lowest BCUT2D eigenvalue weighted by Crippen LogP contribution is -2.21. The Hall–Kier alpha value is -1.70. The lowest BCUT2D eigenvalue weighted by molar-refractivity contribution is -0.124. The van der Waals surface area contributed by atoms with Gasteiger partial charge in [-0.15, -0.1) is 0 Å². The monoisotopic (exact) mass is 239 g/mol. The number of para-hydroxylation sites is 1. The van der Waals surface area contributed by atoms with Crippen molar-refractivity contribution < 1.29 is 4.79 Å². The van der Waals surface area contributed by atoms with Crippen LogP contribution >= 0.6 is 0 Å². The average molecular weight is 239 g/mol. The maximum atomic E-state index is 11.8. The molecule has 3 rings (SSSR count). The highest BCUT2D eigenvalue weighted by Crippen LogP contribution is 2.24. The number of pyridine rings is 1. The first-order chi connectivity index (χ1) is 8.83. The van der Waals surface area contributed by atoms with Crippen molar-refractivity contribution in [1.82, 2.24) is 4.98 Å². The van der Waals surface area contributed by atoms with Gasteiger partial charge in [-0.3, -0.25) is 9.78 Å². The minimum atomic E-state index is 0.201. The third kappa shape index (κ3) is 2.28. The van der Waals surface area contributed by atoms with E-state index in [0.29, 0.717) is 5.78 Å². The van der Waals surface area contributed by atoms with Crippen LogP contribution in [-0.2, 0) is 11.2 Å². The molecule has 2 heteroatoms. The van der Waals surface area contributed by atoms with E-state index < -0.39 is 0 Å². The number of fused-ring (bicyclic) bond motifs is 1. The summed E-state index contributed by atoms with van der Waals surface area (Å²) in [5, 5.41) is 1.16. The second kappa shape index (κ2) is 4.89. The highest BCUT2D eigenvalue weighted by molar-refractivity contribution is 5.82. The largest absolute Gasteiger partial charge is 0.299 e. The van der Waals surface area contributed by atoms with Crippen molar-refractivity contribution in [1.29, 1.82) is 0 Å². The smallest absolute Gasteiger partial charge is 0.136 e. The Morgan fingerprint density at radius 1 is 1.11 bits per heavy atom. The summed E-state index contributed by atoms with van der Waals surface area (Å²) in [7, 11) is 0. The Labute approximate surface area is 107 Å². The van der Waals surface area contributed by atoms with Crippen LogP contribution < -0.4 is 0 Å². The van der Waals surface area contributed by atoms with Crippen LogP contribution in [-0.4, -0.2) is 10.8 Å². The van der Waals surface area contributed by atoms with Gasteiger partial charge in [0.15, 0.2) is 0 Å². The predicted molar refractivity (Wildman–Crippen MR) is 72.4 cm³/mol. The zero-order valence-electron chi connectivity index (χ0n) is 10.4. The summed E-state index contributed by atoms with van der Waals surface area (Å²) in [5.74, 6) is 0.628. The molecule has 92 valence electrons. The third-order valence-electron chi connectivity index (χ3n) is 3.79. The summed E-state index contributed by atoms with van der Waals surface area (Å²) in [6.07, 6.45) is 4.86. The van der Waals surface area contributed by atoms with E-state index in [0.717, 1.165) is 42.3 Å². The zero-order valence-corrected chi connectivity index (χ0v) is 10.4. The normalized spacial score (nSPS) is 20.2. The lowest BCUT2D eigenvalue weighted by Gasteiger charge is -2.19. The number of hydrogen-bond donors (Lipinski definition) is 0. The first-order valence-electron chi connectivity index (χ1n) is 6.70. The first-order valence-corrected chi connectivity index (χ1v) is 6.70. The van der Waals surface area contributed by atoms with Crippen molar-refractivity contribution >= 4 is 16.7 Å². The molecular formula is C16H17NO. The van der Waals surface area contributed by atoms with Gasteiger partial charge in [0.1, 0.15) is 5.78 Å². The van der Waals surface area contributed by atoms with Crippen LogP contribution in [0.25, 0.3) is 10.9 Å². The molecule has 1 aromatic heterocycles. The van der Waals surface area contributed by atoms with Crippen molar-refractivity contribution in [2.24, 2.45) is 5.92 Å². The number of Topliss-reactive ketones (excluding diaryl/α,β-unsaturated/α-hetero) is 1. The van der Waals surface area contributed by atoms with Crippen molar-refractivity contribution in [3.63, 3.8) is 0 Å². The summed E-state index contributed by atoms with van der Waals surface area (Å²) in [6.45, 7) is 0. The van der Waals surface area contributed by atoms with Gasteiger partial charge in [0.05, 0.1) is 5.52 Å². The van der Waals surface area contributed by atoms with Gasteiger partial charge < -0.3 is 0 Å². The zero-order chi connectivity index (χ0) is 12.4. The summed E-state index contributed by atoms with van der Waals surface area (Å²) in [6, 6.07) is 12.3. The van der Waals surface area contributed by atoms with E-state index in [-0.39, 0.29) is 5.92 Å². The van der Waals surface area contributed by atoms with Crippen LogP contribution in [0.2, 0.25) is 0 Å². The predicted octanol–water partition coefficient (Wildman–Crippen LogP) is 3.54. The fourth-order valence-electron chi connectivity index (χ4n) is 2.75. The molecule has 2 aromatic rings. The third-order valence-corrected chi connectivity index (χ3v) is 3.79. The van der Waals surface area contributed by atoms with Crippen LogP contribution in [0.3, 0.4) is 0 Å². The van der Waals surface area contributed by atoms with Gasteiger partial charge in [-0.2, -0.15) is 0 Å². The van der Waals surface area contributed by atoms with Gasteiger partial charge >= 0.3 is 0 Å². The Balaban J connectivity index is 1.83. The van der Waals surface area contributed by atoms with Crippen molar-refractivity contribution in [2.45, 2.75) is 32.1 Å². The fourth-order valence-corrected chi connectivity index (χ4v) is 2.75. The first kappa shape index (κ1) is 11.4. The van der Waals surface area contributed by atoms with Gasteiger partial charge in [0.25, 0.3) is 0 Å². The van der Waals surface area contributed by atoms with E-state index >= 15 is 0 Å². The minimum Gasteiger partial charge on any atom is -0.299 e. The lowest BCUT2D eigenvalue weighted by atomic mass is 9.85. The number of rotatable bonds is 2.